The summed E-state index contributed by atoms with van der Waals surface area (Å²) < 4.78 is 0. The van der Waals surface area contributed by atoms with Crippen molar-refractivity contribution in [1.29, 1.82) is 0 Å². The van der Waals surface area contributed by atoms with Crippen LogP contribution in [0.15, 0.2) is 24.4 Å². The van der Waals surface area contributed by atoms with Crippen molar-refractivity contribution in [3.05, 3.63) is 30.6 Å². The molecule has 0 radical (unpaired) electrons. The minimum absolute atomic E-state index is 0. The van der Waals surface area contributed by atoms with Crippen molar-refractivity contribution in [2.45, 2.75) is 0 Å². The largest absolute Gasteiger partial charge is 1.00 e. The van der Waals surface area contributed by atoms with Gasteiger partial charge in [-0.1, -0.05) is 12.4 Å². The fourth-order valence-corrected chi connectivity index (χ4v) is 0.277. The van der Waals surface area contributed by atoms with Crippen LogP contribution in [0.2, 0.25) is 0 Å². The Labute approximate surface area is 58.3 Å². The summed E-state index contributed by atoms with van der Waals surface area (Å²) in [6, 6.07) is 5.50. The average Bonchev–Trinajstić information content (AvgIpc) is 1.72. The fraction of sp³-hybridized carbons (Fsp3) is 0. The summed E-state index contributed by atoms with van der Waals surface area (Å²) in [4.78, 5) is 3.66. The van der Waals surface area contributed by atoms with Gasteiger partial charge in [-0.3, -0.25) is 0 Å². The van der Waals surface area contributed by atoms with E-state index in [0.29, 0.717) is 0 Å². The SMILES string of the molecule is [Ag+].[c-]1ccccn1. The van der Waals surface area contributed by atoms with E-state index in [4.69, 9.17) is 0 Å². The van der Waals surface area contributed by atoms with E-state index in [1.165, 1.54) is 0 Å². The summed E-state index contributed by atoms with van der Waals surface area (Å²) >= 11 is 0. The molecule has 7 heavy (non-hydrogen) atoms. The Kier molecular flexibility index (Phi) is 4.00. The van der Waals surface area contributed by atoms with Gasteiger partial charge < -0.3 is 4.98 Å². The summed E-state index contributed by atoms with van der Waals surface area (Å²) in [5.74, 6) is 0. The molecule has 0 aliphatic heterocycles. The molecule has 0 unspecified atom stereocenters. The van der Waals surface area contributed by atoms with Gasteiger partial charge in [0.05, 0.1) is 0 Å². The molecule has 1 aromatic rings. The molecular formula is C5H4AgN. The van der Waals surface area contributed by atoms with E-state index in [-0.39, 0.29) is 22.4 Å². The molecule has 40 valence electrons. The van der Waals surface area contributed by atoms with Gasteiger partial charge in [0.1, 0.15) is 0 Å². The van der Waals surface area contributed by atoms with Crippen LogP contribution in [0.4, 0.5) is 0 Å². The molecule has 0 atom stereocenters. The first kappa shape index (κ1) is 6.89. The van der Waals surface area contributed by atoms with Gasteiger partial charge in [0.25, 0.3) is 0 Å². The third kappa shape index (κ3) is 2.57. The van der Waals surface area contributed by atoms with E-state index >= 15 is 0 Å². The Bertz CT molecular complexity index is 80.0. The molecule has 1 aromatic heterocycles. The minimum atomic E-state index is 0. The number of pyridine rings is 1. The van der Waals surface area contributed by atoms with Gasteiger partial charge in [-0.25, -0.2) is 0 Å². The first-order chi connectivity index (χ1) is 3.00. The fourth-order valence-electron chi connectivity index (χ4n) is 0.277. The standard InChI is InChI=1S/C5H4N.Ag/c1-2-4-6-5-3-1;/h1-4H;/q-1;+1. The van der Waals surface area contributed by atoms with Gasteiger partial charge in [-0.05, 0) is 0 Å². The number of hydrogen-bond acceptors (Lipinski definition) is 1. The van der Waals surface area contributed by atoms with E-state index < -0.39 is 0 Å². The Morgan fingerprint density at radius 1 is 1.29 bits per heavy atom. The zero-order valence-electron chi connectivity index (χ0n) is 3.56. The van der Waals surface area contributed by atoms with E-state index in [2.05, 4.69) is 11.2 Å². The van der Waals surface area contributed by atoms with Gasteiger partial charge in [0.2, 0.25) is 0 Å². The van der Waals surface area contributed by atoms with Gasteiger partial charge in [0, 0.05) is 0 Å². The first-order valence-electron chi connectivity index (χ1n) is 1.77. The molecule has 0 saturated carbocycles. The molecule has 0 spiro atoms. The van der Waals surface area contributed by atoms with Crippen LogP contribution < -0.4 is 0 Å². The maximum absolute atomic E-state index is 3.66. The Balaban J connectivity index is 0.000000360. The molecule has 1 nitrogen and oxygen atoms in total. The number of rotatable bonds is 0. The van der Waals surface area contributed by atoms with Crippen molar-refractivity contribution >= 4 is 0 Å². The van der Waals surface area contributed by atoms with Crippen LogP contribution >= 0.6 is 0 Å². The van der Waals surface area contributed by atoms with Crippen molar-refractivity contribution in [2.75, 3.05) is 0 Å². The molecule has 1 heterocycles. The van der Waals surface area contributed by atoms with Crippen LogP contribution in [0.25, 0.3) is 0 Å². The Hall–Kier alpha value is -0.110. The third-order valence-electron chi connectivity index (χ3n) is 0.517. The topological polar surface area (TPSA) is 12.9 Å². The summed E-state index contributed by atoms with van der Waals surface area (Å²) in [6.07, 6.45) is 4.34. The monoisotopic (exact) mass is 185 g/mol. The number of nitrogens with zero attached hydrogens (tertiary/aromatic N) is 1. The molecule has 0 fully saturated rings. The van der Waals surface area contributed by atoms with Crippen LogP contribution in [-0.4, -0.2) is 4.98 Å². The summed E-state index contributed by atoms with van der Waals surface area (Å²) in [6.45, 7) is 0. The minimum Gasteiger partial charge on any atom is -0.394 e. The Morgan fingerprint density at radius 3 is 2.29 bits per heavy atom. The molecule has 0 aromatic carbocycles. The molecule has 0 aliphatic carbocycles. The van der Waals surface area contributed by atoms with Gasteiger partial charge in [-0.15, -0.1) is 0 Å². The van der Waals surface area contributed by atoms with E-state index in [0.717, 1.165) is 0 Å². The summed E-state index contributed by atoms with van der Waals surface area (Å²) in [7, 11) is 0. The second-order valence-electron chi connectivity index (χ2n) is 0.959. The molecule has 0 N–H and O–H groups in total. The zero-order valence-corrected chi connectivity index (χ0v) is 5.04. The van der Waals surface area contributed by atoms with Crippen LogP contribution in [0.5, 0.6) is 0 Å². The quantitative estimate of drug-likeness (QED) is 0.432. The predicted molar refractivity (Wildman–Crippen MR) is 23.1 cm³/mol. The molecule has 0 aliphatic rings. The second-order valence-corrected chi connectivity index (χ2v) is 0.959. The summed E-state index contributed by atoms with van der Waals surface area (Å²) in [5, 5.41) is 0. The molecule has 0 saturated heterocycles. The number of hydrogen-bond donors (Lipinski definition) is 0. The number of aromatic nitrogens is 1. The van der Waals surface area contributed by atoms with Gasteiger partial charge in [0.15, 0.2) is 0 Å². The summed E-state index contributed by atoms with van der Waals surface area (Å²) in [5.41, 5.74) is 0. The smallest absolute Gasteiger partial charge is 0.394 e. The van der Waals surface area contributed by atoms with Crippen molar-refractivity contribution in [1.82, 2.24) is 4.98 Å². The molecule has 0 bridgehead atoms. The van der Waals surface area contributed by atoms with Crippen molar-refractivity contribution in [3.63, 3.8) is 0 Å². The Morgan fingerprint density at radius 2 is 2.14 bits per heavy atom. The average molecular weight is 186 g/mol. The van der Waals surface area contributed by atoms with Crippen molar-refractivity contribution < 1.29 is 22.4 Å². The van der Waals surface area contributed by atoms with E-state index in [1.54, 1.807) is 12.3 Å². The van der Waals surface area contributed by atoms with Crippen LogP contribution in [0.3, 0.4) is 0 Å². The van der Waals surface area contributed by atoms with Crippen molar-refractivity contribution in [2.24, 2.45) is 0 Å². The normalized spacial score (nSPS) is 6.86. The first-order valence-corrected chi connectivity index (χ1v) is 1.77. The molecule has 0 amide bonds. The maximum Gasteiger partial charge on any atom is 1.00 e. The third-order valence-corrected chi connectivity index (χ3v) is 0.517. The molecule has 1 rings (SSSR count). The van der Waals surface area contributed by atoms with E-state index in [1.807, 2.05) is 12.1 Å². The predicted octanol–water partition coefficient (Wildman–Crippen LogP) is 0.879. The van der Waals surface area contributed by atoms with Crippen molar-refractivity contribution in [3.8, 4) is 0 Å². The molecule has 2 heteroatoms. The molecular weight excluding hydrogens is 182 g/mol. The van der Waals surface area contributed by atoms with Crippen LogP contribution in [0.1, 0.15) is 0 Å². The second kappa shape index (κ2) is 4.06. The maximum atomic E-state index is 3.66. The zero-order chi connectivity index (χ0) is 4.24. The van der Waals surface area contributed by atoms with Gasteiger partial charge in [-0.2, -0.15) is 18.2 Å². The van der Waals surface area contributed by atoms with E-state index in [9.17, 15) is 0 Å². The van der Waals surface area contributed by atoms with Crippen LogP contribution in [0, 0.1) is 6.20 Å². The van der Waals surface area contributed by atoms with Gasteiger partial charge >= 0.3 is 22.4 Å². The van der Waals surface area contributed by atoms with Crippen LogP contribution in [-0.2, 0) is 22.4 Å².